The number of hydrogen-bond acceptors (Lipinski definition) is 3. The Labute approximate surface area is 119 Å². The van der Waals surface area contributed by atoms with E-state index in [2.05, 4.69) is 10.3 Å². The first-order valence-corrected chi connectivity index (χ1v) is 6.97. The van der Waals surface area contributed by atoms with Crippen LogP contribution in [0.3, 0.4) is 0 Å². The first kappa shape index (κ1) is 14.5. The van der Waals surface area contributed by atoms with Gasteiger partial charge in [0.15, 0.2) is 0 Å². The van der Waals surface area contributed by atoms with Crippen LogP contribution in [0, 0.1) is 12.8 Å². The molecule has 1 N–H and O–H groups in total. The minimum Gasteiger partial charge on any atom is -0.344 e. The first-order valence-electron chi connectivity index (χ1n) is 6.97. The molecule has 1 fully saturated rings. The van der Waals surface area contributed by atoms with Crippen LogP contribution in [0.15, 0.2) is 18.3 Å². The van der Waals surface area contributed by atoms with Crippen LogP contribution in [0.2, 0.25) is 0 Å². The summed E-state index contributed by atoms with van der Waals surface area (Å²) in [6.45, 7) is 6.78. The van der Waals surface area contributed by atoms with Gasteiger partial charge in [-0.1, -0.05) is 19.9 Å². The average molecular weight is 275 g/mol. The molecule has 0 spiro atoms. The molecular weight excluding hydrogens is 254 g/mol. The van der Waals surface area contributed by atoms with Crippen molar-refractivity contribution in [2.24, 2.45) is 5.92 Å². The molecule has 20 heavy (non-hydrogen) atoms. The molecule has 1 unspecified atom stereocenters. The number of aryl methyl sites for hydroxylation is 1. The summed E-state index contributed by atoms with van der Waals surface area (Å²) < 4.78 is 0. The SMILES string of the molecule is Cc1ccc(CN2CCC(=O)NC(C(C)C)C2=O)cn1. The van der Waals surface area contributed by atoms with E-state index in [1.54, 1.807) is 11.1 Å². The molecule has 1 aromatic heterocycles. The monoisotopic (exact) mass is 275 g/mol. The number of pyridine rings is 1. The number of hydrogen-bond donors (Lipinski definition) is 1. The molecule has 0 aliphatic carbocycles. The number of carbonyl (C=O) groups excluding carboxylic acids is 2. The molecule has 108 valence electrons. The summed E-state index contributed by atoms with van der Waals surface area (Å²) in [4.78, 5) is 30.2. The molecule has 1 saturated heterocycles. The van der Waals surface area contributed by atoms with Crippen molar-refractivity contribution < 1.29 is 9.59 Å². The minimum absolute atomic E-state index is 0.00794. The summed E-state index contributed by atoms with van der Waals surface area (Å²) >= 11 is 0. The molecule has 2 amide bonds. The van der Waals surface area contributed by atoms with Gasteiger partial charge in [0.25, 0.3) is 0 Å². The van der Waals surface area contributed by atoms with Crippen molar-refractivity contribution in [3.05, 3.63) is 29.6 Å². The molecule has 5 heteroatoms. The zero-order valence-corrected chi connectivity index (χ0v) is 12.2. The number of nitrogens with zero attached hydrogens (tertiary/aromatic N) is 2. The second-order valence-corrected chi connectivity index (χ2v) is 5.61. The molecule has 0 aromatic carbocycles. The highest BCUT2D eigenvalue weighted by Gasteiger charge is 2.31. The van der Waals surface area contributed by atoms with Crippen LogP contribution in [-0.4, -0.2) is 34.3 Å². The smallest absolute Gasteiger partial charge is 0.245 e. The Balaban J connectivity index is 2.14. The summed E-state index contributed by atoms with van der Waals surface area (Å²) in [5.74, 6) is 0.0243. The lowest BCUT2D eigenvalue weighted by Gasteiger charge is -2.26. The second kappa shape index (κ2) is 6.03. The van der Waals surface area contributed by atoms with E-state index in [1.165, 1.54) is 0 Å². The molecule has 1 aliphatic heterocycles. The van der Waals surface area contributed by atoms with Crippen LogP contribution >= 0.6 is 0 Å². The predicted molar refractivity (Wildman–Crippen MR) is 75.8 cm³/mol. The summed E-state index contributed by atoms with van der Waals surface area (Å²) in [5.41, 5.74) is 1.94. The molecule has 1 aromatic rings. The van der Waals surface area contributed by atoms with Gasteiger partial charge in [-0.05, 0) is 24.5 Å². The maximum Gasteiger partial charge on any atom is 0.245 e. The Bertz CT molecular complexity index is 496. The van der Waals surface area contributed by atoms with Crippen molar-refractivity contribution >= 4 is 11.8 Å². The van der Waals surface area contributed by atoms with Gasteiger partial charge in [0.2, 0.25) is 11.8 Å². The Morgan fingerprint density at radius 2 is 2.15 bits per heavy atom. The topological polar surface area (TPSA) is 62.3 Å². The van der Waals surface area contributed by atoms with Gasteiger partial charge < -0.3 is 10.2 Å². The van der Waals surface area contributed by atoms with Crippen LogP contribution < -0.4 is 5.32 Å². The first-order chi connectivity index (χ1) is 9.47. The zero-order valence-electron chi connectivity index (χ0n) is 12.2. The van der Waals surface area contributed by atoms with Crippen molar-refractivity contribution in [3.8, 4) is 0 Å². The highest BCUT2D eigenvalue weighted by molar-refractivity contribution is 5.90. The lowest BCUT2D eigenvalue weighted by molar-refractivity contribution is -0.135. The fourth-order valence-electron chi connectivity index (χ4n) is 2.27. The number of nitrogens with one attached hydrogen (secondary N) is 1. The minimum atomic E-state index is -0.427. The molecule has 1 aliphatic rings. The van der Waals surface area contributed by atoms with Crippen molar-refractivity contribution in [1.29, 1.82) is 0 Å². The van der Waals surface area contributed by atoms with E-state index in [4.69, 9.17) is 0 Å². The largest absolute Gasteiger partial charge is 0.344 e. The molecule has 0 radical (unpaired) electrons. The molecule has 0 bridgehead atoms. The molecule has 2 rings (SSSR count). The normalized spacial score (nSPS) is 20.0. The van der Waals surface area contributed by atoms with Gasteiger partial charge in [-0.2, -0.15) is 0 Å². The number of amides is 2. The van der Waals surface area contributed by atoms with Gasteiger partial charge >= 0.3 is 0 Å². The highest BCUT2D eigenvalue weighted by Crippen LogP contribution is 2.14. The summed E-state index contributed by atoms with van der Waals surface area (Å²) in [7, 11) is 0. The van der Waals surface area contributed by atoms with Gasteiger partial charge in [-0.25, -0.2) is 0 Å². The van der Waals surface area contributed by atoms with Crippen molar-refractivity contribution in [3.63, 3.8) is 0 Å². The summed E-state index contributed by atoms with van der Waals surface area (Å²) in [6.07, 6.45) is 2.14. The summed E-state index contributed by atoms with van der Waals surface area (Å²) in [6, 6.07) is 3.48. The van der Waals surface area contributed by atoms with Crippen LogP contribution in [0.4, 0.5) is 0 Å². The van der Waals surface area contributed by atoms with E-state index in [0.717, 1.165) is 11.3 Å². The number of rotatable bonds is 3. The lowest BCUT2D eigenvalue weighted by Crippen LogP contribution is -2.47. The third-order valence-electron chi connectivity index (χ3n) is 3.52. The van der Waals surface area contributed by atoms with Crippen LogP contribution in [0.5, 0.6) is 0 Å². The fraction of sp³-hybridized carbons (Fsp3) is 0.533. The quantitative estimate of drug-likeness (QED) is 0.903. The lowest BCUT2D eigenvalue weighted by atomic mass is 10.0. The van der Waals surface area contributed by atoms with Crippen LogP contribution in [0.1, 0.15) is 31.5 Å². The number of carbonyl (C=O) groups is 2. The Kier molecular flexibility index (Phi) is 4.37. The van der Waals surface area contributed by atoms with Crippen molar-refractivity contribution in [1.82, 2.24) is 15.2 Å². The molecule has 1 atom stereocenters. The highest BCUT2D eigenvalue weighted by atomic mass is 16.2. The van der Waals surface area contributed by atoms with E-state index in [9.17, 15) is 9.59 Å². The Hall–Kier alpha value is -1.91. The Morgan fingerprint density at radius 1 is 1.40 bits per heavy atom. The number of aromatic nitrogens is 1. The van der Waals surface area contributed by atoms with Crippen LogP contribution in [0.25, 0.3) is 0 Å². The fourth-order valence-corrected chi connectivity index (χ4v) is 2.27. The van der Waals surface area contributed by atoms with E-state index < -0.39 is 6.04 Å². The average Bonchev–Trinajstić information content (AvgIpc) is 2.54. The van der Waals surface area contributed by atoms with Crippen LogP contribution in [-0.2, 0) is 16.1 Å². The van der Waals surface area contributed by atoms with Gasteiger partial charge in [0.1, 0.15) is 6.04 Å². The van der Waals surface area contributed by atoms with Gasteiger partial charge in [-0.3, -0.25) is 14.6 Å². The summed E-state index contributed by atoms with van der Waals surface area (Å²) in [5, 5.41) is 2.81. The maximum absolute atomic E-state index is 12.5. The van der Waals surface area contributed by atoms with E-state index >= 15 is 0 Å². The predicted octanol–water partition coefficient (Wildman–Crippen LogP) is 1.26. The molecule has 0 saturated carbocycles. The van der Waals surface area contributed by atoms with E-state index in [-0.39, 0.29) is 17.7 Å². The van der Waals surface area contributed by atoms with Crippen molar-refractivity contribution in [2.75, 3.05) is 6.54 Å². The third kappa shape index (κ3) is 3.35. The zero-order chi connectivity index (χ0) is 14.7. The van der Waals surface area contributed by atoms with Gasteiger partial charge in [0, 0.05) is 31.4 Å². The standard InChI is InChI=1S/C15H21N3O2/c1-10(2)14-15(20)18(7-6-13(19)17-14)9-12-5-4-11(3)16-8-12/h4-5,8,10,14H,6-7,9H2,1-3H3,(H,17,19). The molecule has 5 nitrogen and oxygen atoms in total. The van der Waals surface area contributed by atoms with Gasteiger partial charge in [0.05, 0.1) is 0 Å². The third-order valence-corrected chi connectivity index (χ3v) is 3.52. The molecular formula is C15H21N3O2. The van der Waals surface area contributed by atoms with E-state index in [1.807, 2.05) is 32.9 Å². The maximum atomic E-state index is 12.5. The van der Waals surface area contributed by atoms with Gasteiger partial charge in [-0.15, -0.1) is 0 Å². The van der Waals surface area contributed by atoms with Crippen molar-refractivity contribution in [2.45, 2.75) is 39.8 Å². The Morgan fingerprint density at radius 3 is 2.75 bits per heavy atom. The van der Waals surface area contributed by atoms with E-state index in [0.29, 0.717) is 19.5 Å². The molecule has 2 heterocycles. The second-order valence-electron chi connectivity index (χ2n) is 5.61.